The molecule has 1 aromatic carbocycles. The fraction of sp³-hybridized carbons (Fsp3) is 0.217. The number of H-pyrrole nitrogens is 1. The smallest absolute Gasteiger partial charge is 0.475 e. The van der Waals surface area contributed by atoms with Crippen LogP contribution in [0.1, 0.15) is 32.7 Å². The van der Waals surface area contributed by atoms with E-state index in [1.54, 1.807) is 17.2 Å². The Bertz CT molecular complexity index is 1280. The molecule has 0 spiro atoms. The van der Waals surface area contributed by atoms with Crippen LogP contribution in [0.2, 0.25) is 0 Å². The van der Waals surface area contributed by atoms with Crippen molar-refractivity contribution in [2.75, 3.05) is 6.54 Å². The number of amides is 1. The molecule has 34 heavy (non-hydrogen) atoms. The number of carboxylic acids is 1. The number of aryl methyl sites for hydroxylation is 1. The Morgan fingerprint density at radius 3 is 2.50 bits per heavy atom. The summed E-state index contributed by atoms with van der Waals surface area (Å²) in [5.41, 5.74) is 4.87. The molecule has 0 bridgehead atoms. The van der Waals surface area contributed by atoms with Gasteiger partial charge in [0, 0.05) is 31.0 Å². The van der Waals surface area contributed by atoms with E-state index < -0.39 is 12.1 Å². The standard InChI is InChI=1S/C21H17FN4O.C2HF3O2/c1-13-6-18(22)20(25-10-13)16-2-3-17-12-26(5-4-15(17)8-16)21(27)19-7-14(9-23)11-24-19;3-2(4,5)1(6)7/h2-3,6-8,10-11,24H,4-5,12H2,1H3;(H,6,7). The van der Waals surface area contributed by atoms with E-state index in [0.717, 1.165) is 22.3 Å². The highest BCUT2D eigenvalue weighted by Crippen LogP contribution is 2.27. The number of benzene rings is 1. The van der Waals surface area contributed by atoms with Crippen LogP contribution in [0.25, 0.3) is 11.3 Å². The molecule has 1 amide bonds. The van der Waals surface area contributed by atoms with Gasteiger partial charge < -0.3 is 15.0 Å². The number of pyridine rings is 1. The minimum absolute atomic E-state index is 0.127. The van der Waals surface area contributed by atoms with Crippen LogP contribution in [-0.2, 0) is 17.8 Å². The molecule has 1 aliphatic heterocycles. The van der Waals surface area contributed by atoms with Gasteiger partial charge in [0.1, 0.15) is 23.3 Å². The van der Waals surface area contributed by atoms with Gasteiger partial charge in [-0.3, -0.25) is 9.78 Å². The Morgan fingerprint density at radius 2 is 1.91 bits per heavy atom. The number of aromatic amines is 1. The van der Waals surface area contributed by atoms with Crippen LogP contribution >= 0.6 is 0 Å². The van der Waals surface area contributed by atoms with Gasteiger partial charge in [0.2, 0.25) is 0 Å². The van der Waals surface area contributed by atoms with E-state index in [1.165, 1.54) is 12.3 Å². The zero-order valence-electron chi connectivity index (χ0n) is 17.8. The van der Waals surface area contributed by atoms with Gasteiger partial charge in [0.05, 0.1) is 5.56 Å². The second kappa shape index (κ2) is 9.74. The SMILES string of the molecule is Cc1cnc(-c2ccc3c(c2)CCN(C(=O)c2cc(C#N)c[nH]2)C3)c(F)c1.O=C(O)C(F)(F)F. The third-order valence-corrected chi connectivity index (χ3v) is 5.04. The van der Waals surface area contributed by atoms with E-state index in [2.05, 4.69) is 9.97 Å². The van der Waals surface area contributed by atoms with Crippen molar-refractivity contribution < 1.29 is 32.3 Å². The number of aromatic nitrogens is 2. The highest BCUT2D eigenvalue weighted by Gasteiger charge is 2.38. The van der Waals surface area contributed by atoms with Crippen molar-refractivity contribution in [3.05, 3.63) is 76.5 Å². The van der Waals surface area contributed by atoms with Gasteiger partial charge in [0.15, 0.2) is 0 Å². The van der Waals surface area contributed by atoms with Crippen molar-refractivity contribution in [2.45, 2.75) is 26.1 Å². The average molecular weight is 474 g/mol. The quantitative estimate of drug-likeness (QED) is 0.541. The van der Waals surface area contributed by atoms with E-state index in [-0.39, 0.29) is 11.7 Å². The highest BCUT2D eigenvalue weighted by atomic mass is 19.4. The normalized spacial score (nSPS) is 12.8. The largest absolute Gasteiger partial charge is 0.490 e. The molecule has 0 saturated heterocycles. The van der Waals surface area contributed by atoms with Gasteiger partial charge in [-0.25, -0.2) is 9.18 Å². The lowest BCUT2D eigenvalue weighted by molar-refractivity contribution is -0.192. The second-order valence-corrected chi connectivity index (χ2v) is 7.52. The molecular weight excluding hydrogens is 456 g/mol. The van der Waals surface area contributed by atoms with Crippen molar-refractivity contribution in [1.29, 1.82) is 5.26 Å². The Labute approximate surface area is 191 Å². The molecule has 0 atom stereocenters. The Hall–Kier alpha value is -4.20. The molecule has 0 fully saturated rings. The monoisotopic (exact) mass is 474 g/mol. The number of rotatable bonds is 2. The zero-order valence-corrected chi connectivity index (χ0v) is 17.8. The number of alkyl halides is 3. The van der Waals surface area contributed by atoms with Gasteiger partial charge >= 0.3 is 12.1 Å². The van der Waals surface area contributed by atoms with E-state index in [0.29, 0.717) is 36.5 Å². The molecule has 0 unspecified atom stereocenters. The molecule has 3 heterocycles. The maximum atomic E-state index is 14.2. The molecule has 7 nitrogen and oxygen atoms in total. The first kappa shape index (κ1) is 24.4. The van der Waals surface area contributed by atoms with Crippen molar-refractivity contribution in [2.24, 2.45) is 0 Å². The summed E-state index contributed by atoms with van der Waals surface area (Å²) in [4.78, 5) is 30.4. The summed E-state index contributed by atoms with van der Waals surface area (Å²) in [6.45, 7) is 2.86. The average Bonchev–Trinajstić information content (AvgIpc) is 3.27. The van der Waals surface area contributed by atoms with Gasteiger partial charge in [-0.15, -0.1) is 0 Å². The molecule has 0 radical (unpaired) electrons. The van der Waals surface area contributed by atoms with Gasteiger partial charge in [-0.2, -0.15) is 18.4 Å². The maximum absolute atomic E-state index is 14.2. The summed E-state index contributed by atoms with van der Waals surface area (Å²) in [6.07, 6.45) is -1.21. The van der Waals surface area contributed by atoms with E-state index in [1.807, 2.05) is 31.2 Å². The second-order valence-electron chi connectivity index (χ2n) is 7.52. The molecule has 176 valence electrons. The van der Waals surface area contributed by atoms with Crippen molar-refractivity contribution in [3.63, 3.8) is 0 Å². The third-order valence-electron chi connectivity index (χ3n) is 5.04. The van der Waals surface area contributed by atoms with E-state index >= 15 is 0 Å². The molecule has 4 rings (SSSR count). The van der Waals surface area contributed by atoms with Crippen molar-refractivity contribution in [1.82, 2.24) is 14.9 Å². The molecule has 1 aliphatic rings. The van der Waals surface area contributed by atoms with Crippen LogP contribution in [0.3, 0.4) is 0 Å². The van der Waals surface area contributed by atoms with Gasteiger partial charge in [-0.1, -0.05) is 12.1 Å². The minimum atomic E-state index is -5.08. The number of hydrogen-bond donors (Lipinski definition) is 2. The molecule has 2 N–H and O–H groups in total. The molecule has 2 aromatic heterocycles. The maximum Gasteiger partial charge on any atom is 0.490 e. The van der Waals surface area contributed by atoms with Crippen LogP contribution < -0.4 is 0 Å². The van der Waals surface area contributed by atoms with Crippen LogP contribution in [0.4, 0.5) is 17.6 Å². The zero-order chi connectivity index (χ0) is 25.0. The van der Waals surface area contributed by atoms with E-state index in [4.69, 9.17) is 15.2 Å². The fourth-order valence-electron chi connectivity index (χ4n) is 3.37. The third kappa shape index (κ3) is 5.58. The van der Waals surface area contributed by atoms with Crippen LogP contribution in [0.5, 0.6) is 0 Å². The number of aliphatic carboxylic acids is 1. The number of nitriles is 1. The predicted octanol–water partition coefficient (Wildman–Crippen LogP) is 4.23. The number of halogens is 4. The molecule has 3 aromatic rings. The number of carbonyl (C=O) groups is 2. The Kier molecular flexibility index (Phi) is 7.00. The Morgan fingerprint density at radius 1 is 1.21 bits per heavy atom. The summed E-state index contributed by atoms with van der Waals surface area (Å²) in [6, 6.07) is 10.8. The first-order chi connectivity index (χ1) is 16.0. The van der Waals surface area contributed by atoms with Crippen LogP contribution in [0, 0.1) is 24.1 Å². The lowest BCUT2D eigenvalue weighted by atomic mass is 9.95. The fourth-order valence-corrected chi connectivity index (χ4v) is 3.37. The van der Waals surface area contributed by atoms with Gasteiger partial charge in [0.25, 0.3) is 5.91 Å². The molecule has 0 saturated carbocycles. The number of carboxylic acid groups (broad SMARTS) is 1. The Balaban J connectivity index is 0.000000406. The molecule has 0 aliphatic carbocycles. The number of hydrogen-bond acceptors (Lipinski definition) is 4. The van der Waals surface area contributed by atoms with Crippen molar-refractivity contribution in [3.8, 4) is 17.3 Å². The summed E-state index contributed by atoms with van der Waals surface area (Å²) < 4.78 is 45.9. The lowest BCUT2D eigenvalue weighted by Crippen LogP contribution is -2.36. The predicted molar refractivity (Wildman–Crippen MR) is 112 cm³/mol. The van der Waals surface area contributed by atoms with E-state index in [9.17, 15) is 22.4 Å². The topological polar surface area (TPSA) is 110 Å². The number of nitrogens with zero attached hydrogens (tertiary/aromatic N) is 3. The number of carbonyl (C=O) groups excluding carboxylic acids is 1. The summed E-state index contributed by atoms with van der Waals surface area (Å²) >= 11 is 0. The lowest BCUT2D eigenvalue weighted by Gasteiger charge is -2.29. The molecule has 11 heteroatoms. The van der Waals surface area contributed by atoms with Crippen molar-refractivity contribution >= 4 is 11.9 Å². The van der Waals surface area contributed by atoms with Crippen LogP contribution in [0.15, 0.2) is 42.7 Å². The first-order valence-electron chi connectivity index (χ1n) is 9.92. The van der Waals surface area contributed by atoms with Crippen LogP contribution in [-0.4, -0.2) is 44.6 Å². The highest BCUT2D eigenvalue weighted by molar-refractivity contribution is 5.93. The summed E-state index contributed by atoms with van der Waals surface area (Å²) in [5, 5.41) is 16.0. The number of fused-ring (bicyclic) bond motifs is 1. The number of nitrogens with one attached hydrogen (secondary N) is 1. The molecular formula is C23H18F4N4O3. The summed E-state index contributed by atoms with van der Waals surface area (Å²) in [5.74, 6) is -3.22. The van der Waals surface area contributed by atoms with Gasteiger partial charge in [-0.05, 0) is 48.2 Å². The first-order valence-corrected chi connectivity index (χ1v) is 9.92. The minimum Gasteiger partial charge on any atom is -0.475 e. The summed E-state index contributed by atoms with van der Waals surface area (Å²) in [7, 11) is 0.